The van der Waals surface area contributed by atoms with Crippen molar-refractivity contribution in [2.24, 2.45) is 5.73 Å². The molecule has 3 heteroatoms. The molecule has 0 radical (unpaired) electrons. The molecule has 0 aliphatic carbocycles. The van der Waals surface area contributed by atoms with Crippen LogP contribution in [0.15, 0.2) is 15.9 Å². The van der Waals surface area contributed by atoms with Crippen LogP contribution in [0, 0.1) is 0 Å². The zero-order valence-corrected chi connectivity index (χ0v) is 8.21. The van der Waals surface area contributed by atoms with Crippen molar-refractivity contribution < 1.29 is 0 Å². The van der Waals surface area contributed by atoms with E-state index in [9.17, 15) is 0 Å². The highest BCUT2D eigenvalue weighted by Gasteiger charge is 2.04. The summed E-state index contributed by atoms with van der Waals surface area (Å²) in [5.41, 5.74) is 5.80. The Morgan fingerprint density at radius 3 is 2.80 bits per heavy atom. The minimum atomic E-state index is 0.219. The van der Waals surface area contributed by atoms with Crippen molar-refractivity contribution in [1.82, 2.24) is 0 Å². The Morgan fingerprint density at radius 2 is 2.40 bits per heavy atom. The molecule has 56 valence electrons. The number of thiophene rings is 1. The smallest absolute Gasteiger partial charge is 0.0701 e. The van der Waals surface area contributed by atoms with Crippen LogP contribution < -0.4 is 5.73 Å². The van der Waals surface area contributed by atoms with E-state index in [1.54, 1.807) is 11.3 Å². The Morgan fingerprint density at radius 1 is 1.70 bits per heavy atom. The summed E-state index contributed by atoms with van der Waals surface area (Å²) >= 11 is 5.10. The van der Waals surface area contributed by atoms with Gasteiger partial charge in [-0.05, 0) is 34.5 Å². The average molecular weight is 220 g/mol. The molecule has 2 N–H and O–H groups in total. The molecule has 0 bridgehead atoms. The Hall–Kier alpha value is 0.140. The third-order valence-electron chi connectivity index (χ3n) is 1.40. The molecule has 10 heavy (non-hydrogen) atoms. The first-order valence-corrected chi connectivity index (χ1v) is 4.85. The summed E-state index contributed by atoms with van der Waals surface area (Å²) in [6, 6.07) is 4.33. The SMILES string of the molecule is CC[C@@H](N)c1ccc(Br)s1. The third kappa shape index (κ3) is 1.81. The fraction of sp³-hybridized carbons (Fsp3) is 0.429. The summed E-state index contributed by atoms with van der Waals surface area (Å²) in [6.45, 7) is 2.10. The molecule has 0 saturated heterocycles. The lowest BCUT2D eigenvalue weighted by molar-refractivity contribution is 0.712. The van der Waals surface area contributed by atoms with Gasteiger partial charge in [0.05, 0.1) is 3.79 Å². The van der Waals surface area contributed by atoms with Crippen LogP contribution in [0.2, 0.25) is 0 Å². The van der Waals surface area contributed by atoms with E-state index in [0.717, 1.165) is 10.2 Å². The highest BCUT2D eigenvalue weighted by Crippen LogP contribution is 2.27. The summed E-state index contributed by atoms with van der Waals surface area (Å²) in [7, 11) is 0. The van der Waals surface area contributed by atoms with Crippen molar-refractivity contribution in [3.8, 4) is 0 Å². The van der Waals surface area contributed by atoms with Crippen molar-refractivity contribution in [1.29, 1.82) is 0 Å². The number of halogens is 1. The highest BCUT2D eigenvalue weighted by atomic mass is 79.9. The lowest BCUT2D eigenvalue weighted by Crippen LogP contribution is -2.05. The lowest BCUT2D eigenvalue weighted by Gasteiger charge is -2.02. The molecule has 0 unspecified atom stereocenters. The van der Waals surface area contributed by atoms with Crippen molar-refractivity contribution in [3.63, 3.8) is 0 Å². The van der Waals surface area contributed by atoms with E-state index in [4.69, 9.17) is 5.73 Å². The first kappa shape index (κ1) is 8.24. The molecule has 1 heterocycles. The molecule has 0 fully saturated rings. The van der Waals surface area contributed by atoms with Gasteiger partial charge in [0, 0.05) is 10.9 Å². The maximum Gasteiger partial charge on any atom is 0.0701 e. The topological polar surface area (TPSA) is 26.0 Å². The average Bonchev–Trinajstić information content (AvgIpc) is 2.34. The van der Waals surface area contributed by atoms with E-state index in [1.165, 1.54) is 4.88 Å². The fourth-order valence-corrected chi connectivity index (χ4v) is 2.24. The second-order valence-electron chi connectivity index (χ2n) is 2.16. The van der Waals surface area contributed by atoms with Crippen LogP contribution >= 0.6 is 27.3 Å². The highest BCUT2D eigenvalue weighted by molar-refractivity contribution is 9.11. The van der Waals surface area contributed by atoms with Gasteiger partial charge in [-0.25, -0.2) is 0 Å². The molecule has 0 aliphatic rings. The number of hydrogen-bond donors (Lipinski definition) is 1. The Balaban J connectivity index is 2.74. The normalized spacial score (nSPS) is 13.5. The first-order chi connectivity index (χ1) is 4.74. The fourth-order valence-electron chi connectivity index (χ4n) is 0.729. The van der Waals surface area contributed by atoms with Crippen LogP contribution in [0.25, 0.3) is 0 Å². The number of rotatable bonds is 2. The standard InChI is InChI=1S/C7H10BrNS/c1-2-5(9)6-3-4-7(8)10-6/h3-5H,2,9H2,1H3/t5-/m1/s1. The van der Waals surface area contributed by atoms with E-state index in [1.807, 2.05) is 6.07 Å². The van der Waals surface area contributed by atoms with Gasteiger partial charge in [0.25, 0.3) is 0 Å². The molecule has 1 aromatic heterocycles. The second kappa shape index (κ2) is 3.51. The predicted molar refractivity (Wildman–Crippen MR) is 49.2 cm³/mol. The molecular weight excluding hydrogens is 210 g/mol. The van der Waals surface area contributed by atoms with Gasteiger partial charge < -0.3 is 5.73 Å². The Labute approximate surface area is 73.4 Å². The predicted octanol–water partition coefficient (Wildman–Crippen LogP) is 2.92. The lowest BCUT2D eigenvalue weighted by atomic mass is 10.2. The molecule has 1 aromatic rings. The van der Waals surface area contributed by atoms with Crippen molar-refractivity contribution in [2.75, 3.05) is 0 Å². The molecular formula is C7H10BrNS. The van der Waals surface area contributed by atoms with Gasteiger partial charge in [0.1, 0.15) is 0 Å². The summed E-state index contributed by atoms with van der Waals surface area (Å²) in [6.07, 6.45) is 1.01. The second-order valence-corrected chi connectivity index (χ2v) is 4.65. The minimum absolute atomic E-state index is 0.219. The first-order valence-electron chi connectivity index (χ1n) is 3.25. The monoisotopic (exact) mass is 219 g/mol. The zero-order valence-electron chi connectivity index (χ0n) is 5.80. The van der Waals surface area contributed by atoms with E-state index < -0.39 is 0 Å². The van der Waals surface area contributed by atoms with Crippen molar-refractivity contribution in [3.05, 3.63) is 20.8 Å². The van der Waals surface area contributed by atoms with E-state index in [2.05, 4.69) is 28.9 Å². The molecule has 0 saturated carbocycles. The van der Waals surface area contributed by atoms with Crippen LogP contribution in [0.3, 0.4) is 0 Å². The molecule has 0 aliphatic heterocycles. The Bertz CT molecular complexity index is 209. The maximum absolute atomic E-state index is 5.80. The number of hydrogen-bond acceptors (Lipinski definition) is 2. The summed E-state index contributed by atoms with van der Waals surface area (Å²) in [4.78, 5) is 1.26. The van der Waals surface area contributed by atoms with Crippen LogP contribution in [-0.2, 0) is 0 Å². The van der Waals surface area contributed by atoms with E-state index in [-0.39, 0.29) is 6.04 Å². The van der Waals surface area contributed by atoms with Crippen LogP contribution in [0.5, 0.6) is 0 Å². The van der Waals surface area contributed by atoms with E-state index in [0.29, 0.717) is 0 Å². The minimum Gasteiger partial charge on any atom is -0.323 e. The number of nitrogens with two attached hydrogens (primary N) is 1. The third-order valence-corrected chi connectivity index (χ3v) is 3.15. The van der Waals surface area contributed by atoms with Gasteiger partial charge in [-0.3, -0.25) is 0 Å². The van der Waals surface area contributed by atoms with Crippen LogP contribution in [0.1, 0.15) is 24.3 Å². The van der Waals surface area contributed by atoms with Gasteiger partial charge >= 0.3 is 0 Å². The molecule has 1 nitrogen and oxygen atoms in total. The van der Waals surface area contributed by atoms with Crippen LogP contribution in [-0.4, -0.2) is 0 Å². The maximum atomic E-state index is 5.80. The molecule has 0 aromatic carbocycles. The van der Waals surface area contributed by atoms with Crippen molar-refractivity contribution in [2.45, 2.75) is 19.4 Å². The molecule has 1 rings (SSSR count). The molecule has 0 spiro atoms. The van der Waals surface area contributed by atoms with Gasteiger partial charge in [-0.15, -0.1) is 11.3 Å². The van der Waals surface area contributed by atoms with Gasteiger partial charge in [0.15, 0.2) is 0 Å². The van der Waals surface area contributed by atoms with Gasteiger partial charge in [-0.2, -0.15) is 0 Å². The van der Waals surface area contributed by atoms with Crippen LogP contribution in [0.4, 0.5) is 0 Å². The summed E-state index contributed by atoms with van der Waals surface area (Å²) < 4.78 is 1.16. The molecule has 1 atom stereocenters. The van der Waals surface area contributed by atoms with Gasteiger partial charge in [-0.1, -0.05) is 6.92 Å². The zero-order chi connectivity index (χ0) is 7.56. The summed E-state index contributed by atoms with van der Waals surface area (Å²) in [5, 5.41) is 0. The quantitative estimate of drug-likeness (QED) is 0.814. The molecule has 0 amide bonds. The Kier molecular flexibility index (Phi) is 2.89. The van der Waals surface area contributed by atoms with E-state index >= 15 is 0 Å². The summed E-state index contributed by atoms with van der Waals surface area (Å²) in [5.74, 6) is 0. The van der Waals surface area contributed by atoms with Crippen molar-refractivity contribution >= 4 is 27.3 Å². The van der Waals surface area contributed by atoms with Gasteiger partial charge in [0.2, 0.25) is 0 Å². The largest absolute Gasteiger partial charge is 0.323 e.